The number of halogens is 1. The number of benzene rings is 1. The molecule has 17 heavy (non-hydrogen) atoms. The fourth-order valence-corrected chi connectivity index (χ4v) is 1.64. The van der Waals surface area contributed by atoms with Gasteiger partial charge in [0.1, 0.15) is 17.6 Å². The molecule has 0 aliphatic carbocycles. The maximum Gasteiger partial charge on any atom is 0.123 e. The number of imidazole rings is 1. The lowest BCUT2D eigenvalue weighted by atomic mass is 10.1. The molecule has 0 amide bonds. The Hall–Kier alpha value is -2.15. The van der Waals surface area contributed by atoms with Crippen molar-refractivity contribution >= 4 is 0 Å². The normalized spacial score (nSPS) is 12.1. The van der Waals surface area contributed by atoms with Gasteiger partial charge in [-0.05, 0) is 36.2 Å². The highest BCUT2D eigenvalue weighted by Crippen LogP contribution is 2.21. The van der Waals surface area contributed by atoms with E-state index in [-0.39, 0.29) is 11.7 Å². The topological polar surface area (TPSA) is 52.5 Å². The molecule has 3 nitrogen and oxygen atoms in total. The summed E-state index contributed by atoms with van der Waals surface area (Å²) in [6.07, 6.45) is 2.38. The molecule has 1 heterocycles. The second-order valence-electron chi connectivity index (χ2n) is 3.78. The van der Waals surface area contributed by atoms with E-state index in [1.807, 2.05) is 6.92 Å². The molecule has 4 heteroatoms. The smallest absolute Gasteiger partial charge is 0.123 e. The fourth-order valence-electron chi connectivity index (χ4n) is 1.64. The van der Waals surface area contributed by atoms with Crippen LogP contribution >= 0.6 is 0 Å². The van der Waals surface area contributed by atoms with Crippen LogP contribution < -0.4 is 0 Å². The van der Waals surface area contributed by atoms with Crippen LogP contribution in [0.1, 0.15) is 25.1 Å². The van der Waals surface area contributed by atoms with Gasteiger partial charge in [-0.1, -0.05) is 6.92 Å². The Morgan fingerprint density at radius 1 is 1.41 bits per heavy atom. The third kappa shape index (κ3) is 2.34. The van der Waals surface area contributed by atoms with Crippen LogP contribution in [0.3, 0.4) is 0 Å². The van der Waals surface area contributed by atoms with Crippen molar-refractivity contribution in [2.45, 2.75) is 19.3 Å². The summed E-state index contributed by atoms with van der Waals surface area (Å²) in [4.78, 5) is 7.28. The van der Waals surface area contributed by atoms with Gasteiger partial charge in [0.15, 0.2) is 0 Å². The van der Waals surface area contributed by atoms with Gasteiger partial charge in [0.25, 0.3) is 0 Å². The SMILES string of the molecule is CCC(C#N)c1ncc(-c2ccc(F)cc2)[nH]1. The minimum Gasteiger partial charge on any atom is -0.341 e. The van der Waals surface area contributed by atoms with Crippen molar-refractivity contribution in [3.05, 3.63) is 42.1 Å². The Bertz CT molecular complexity index is 537. The van der Waals surface area contributed by atoms with Gasteiger partial charge >= 0.3 is 0 Å². The van der Waals surface area contributed by atoms with Gasteiger partial charge in [-0.15, -0.1) is 0 Å². The molecule has 0 saturated carbocycles. The Labute approximate surface area is 98.9 Å². The van der Waals surface area contributed by atoms with Crippen molar-refractivity contribution < 1.29 is 4.39 Å². The molecule has 0 radical (unpaired) electrons. The molecule has 86 valence electrons. The summed E-state index contributed by atoms with van der Waals surface area (Å²) >= 11 is 0. The quantitative estimate of drug-likeness (QED) is 0.878. The van der Waals surface area contributed by atoms with Gasteiger partial charge in [-0.25, -0.2) is 9.37 Å². The number of aromatic amines is 1. The third-order valence-electron chi connectivity index (χ3n) is 2.64. The fraction of sp³-hybridized carbons (Fsp3) is 0.231. The van der Waals surface area contributed by atoms with E-state index in [2.05, 4.69) is 16.0 Å². The zero-order chi connectivity index (χ0) is 12.3. The van der Waals surface area contributed by atoms with Gasteiger partial charge in [-0.3, -0.25) is 0 Å². The van der Waals surface area contributed by atoms with Crippen molar-refractivity contribution in [3.8, 4) is 17.3 Å². The van der Waals surface area contributed by atoms with Crippen molar-refractivity contribution in [1.29, 1.82) is 5.26 Å². The van der Waals surface area contributed by atoms with Crippen molar-refractivity contribution in [1.82, 2.24) is 9.97 Å². The first-order valence-electron chi connectivity index (χ1n) is 5.45. The van der Waals surface area contributed by atoms with E-state index < -0.39 is 0 Å². The first kappa shape index (κ1) is 11.3. The van der Waals surface area contributed by atoms with Crippen LogP contribution in [-0.4, -0.2) is 9.97 Å². The summed E-state index contributed by atoms with van der Waals surface area (Å²) in [7, 11) is 0. The number of H-pyrrole nitrogens is 1. The van der Waals surface area contributed by atoms with Gasteiger partial charge in [0.2, 0.25) is 0 Å². The van der Waals surface area contributed by atoms with Gasteiger partial charge in [0, 0.05) is 0 Å². The van der Waals surface area contributed by atoms with Crippen LogP contribution in [0, 0.1) is 17.1 Å². The zero-order valence-corrected chi connectivity index (χ0v) is 9.44. The third-order valence-corrected chi connectivity index (χ3v) is 2.64. The Kier molecular flexibility index (Phi) is 3.20. The number of rotatable bonds is 3. The standard InChI is InChI=1S/C13H12FN3/c1-2-9(7-15)13-16-8-12(17-13)10-3-5-11(14)6-4-10/h3-6,8-9H,2H2,1H3,(H,16,17). The van der Waals surface area contributed by atoms with Crippen LogP contribution in [0.15, 0.2) is 30.5 Å². The Balaban J connectivity index is 2.30. The largest absolute Gasteiger partial charge is 0.341 e. The Morgan fingerprint density at radius 3 is 2.71 bits per heavy atom. The monoisotopic (exact) mass is 229 g/mol. The van der Waals surface area contributed by atoms with Crippen molar-refractivity contribution in [3.63, 3.8) is 0 Å². The van der Waals surface area contributed by atoms with E-state index in [0.29, 0.717) is 12.2 Å². The average molecular weight is 229 g/mol. The minimum absolute atomic E-state index is 0.218. The maximum absolute atomic E-state index is 12.8. The number of hydrogen-bond acceptors (Lipinski definition) is 2. The zero-order valence-electron chi connectivity index (χ0n) is 9.44. The van der Waals surface area contributed by atoms with Crippen LogP contribution in [0.2, 0.25) is 0 Å². The molecule has 2 rings (SSSR count). The van der Waals surface area contributed by atoms with E-state index >= 15 is 0 Å². The summed E-state index contributed by atoms with van der Waals surface area (Å²) in [6.45, 7) is 1.94. The first-order valence-corrected chi connectivity index (χ1v) is 5.45. The molecule has 1 atom stereocenters. The summed E-state index contributed by atoms with van der Waals surface area (Å²) in [5.41, 5.74) is 1.66. The molecule has 1 aromatic carbocycles. The highest BCUT2D eigenvalue weighted by molar-refractivity contribution is 5.58. The molecule has 2 aromatic rings. The molecule has 0 aliphatic rings. The highest BCUT2D eigenvalue weighted by Gasteiger charge is 2.12. The summed E-state index contributed by atoms with van der Waals surface area (Å²) in [5, 5.41) is 8.94. The maximum atomic E-state index is 12.8. The minimum atomic E-state index is -0.267. The van der Waals surface area contributed by atoms with Crippen molar-refractivity contribution in [2.24, 2.45) is 0 Å². The van der Waals surface area contributed by atoms with Crippen LogP contribution in [0.4, 0.5) is 4.39 Å². The molecule has 0 spiro atoms. The second kappa shape index (κ2) is 4.79. The van der Waals surface area contributed by atoms with E-state index in [0.717, 1.165) is 11.3 Å². The second-order valence-corrected chi connectivity index (χ2v) is 3.78. The molecule has 1 N–H and O–H groups in total. The van der Waals surface area contributed by atoms with E-state index in [4.69, 9.17) is 5.26 Å². The van der Waals surface area contributed by atoms with E-state index in [1.54, 1.807) is 18.3 Å². The Morgan fingerprint density at radius 2 is 2.12 bits per heavy atom. The summed E-state index contributed by atoms with van der Waals surface area (Å²) in [6, 6.07) is 8.35. The molecule has 0 bridgehead atoms. The molecular weight excluding hydrogens is 217 g/mol. The summed E-state index contributed by atoms with van der Waals surface area (Å²) < 4.78 is 12.8. The number of hydrogen-bond donors (Lipinski definition) is 1. The first-order chi connectivity index (χ1) is 8.24. The predicted octanol–water partition coefficient (Wildman–Crippen LogP) is 3.23. The average Bonchev–Trinajstić information content (AvgIpc) is 2.81. The van der Waals surface area contributed by atoms with Crippen LogP contribution in [0.25, 0.3) is 11.3 Å². The summed E-state index contributed by atoms with van der Waals surface area (Å²) in [5.74, 6) is 0.176. The molecule has 0 fully saturated rings. The number of nitrogens with zero attached hydrogens (tertiary/aromatic N) is 2. The number of nitriles is 1. The lowest BCUT2D eigenvalue weighted by Crippen LogP contribution is -1.95. The molecule has 1 unspecified atom stereocenters. The number of nitrogens with one attached hydrogen (secondary N) is 1. The van der Waals surface area contributed by atoms with Crippen molar-refractivity contribution in [2.75, 3.05) is 0 Å². The lowest BCUT2D eigenvalue weighted by Gasteiger charge is -2.01. The van der Waals surface area contributed by atoms with Crippen LogP contribution in [-0.2, 0) is 0 Å². The van der Waals surface area contributed by atoms with Gasteiger partial charge < -0.3 is 4.98 Å². The highest BCUT2D eigenvalue weighted by atomic mass is 19.1. The molecule has 0 saturated heterocycles. The van der Waals surface area contributed by atoms with E-state index in [1.165, 1.54) is 12.1 Å². The molecule has 1 aromatic heterocycles. The molecular formula is C13H12FN3. The lowest BCUT2D eigenvalue weighted by molar-refractivity contribution is 0.628. The van der Waals surface area contributed by atoms with Gasteiger partial charge in [-0.2, -0.15) is 5.26 Å². The number of aromatic nitrogens is 2. The molecule has 0 aliphatic heterocycles. The van der Waals surface area contributed by atoms with Crippen LogP contribution in [0.5, 0.6) is 0 Å². The van der Waals surface area contributed by atoms with Gasteiger partial charge in [0.05, 0.1) is 18.0 Å². The predicted molar refractivity (Wildman–Crippen MR) is 62.6 cm³/mol. The van der Waals surface area contributed by atoms with E-state index in [9.17, 15) is 4.39 Å².